The molecule has 0 fully saturated rings. The van der Waals surface area contributed by atoms with Gasteiger partial charge in [-0.3, -0.25) is 9.52 Å². The number of nitrogens with zero attached hydrogens (tertiary/aromatic N) is 2. The number of aromatic nitrogens is 4. The van der Waals surface area contributed by atoms with Crippen LogP contribution in [0, 0.1) is 18.6 Å². The molecule has 0 spiro atoms. The van der Waals surface area contributed by atoms with Crippen molar-refractivity contribution in [3.63, 3.8) is 0 Å². The van der Waals surface area contributed by atoms with Crippen LogP contribution >= 0.6 is 0 Å². The van der Waals surface area contributed by atoms with Crippen LogP contribution in [0.3, 0.4) is 0 Å². The van der Waals surface area contributed by atoms with Crippen LogP contribution in [0.1, 0.15) is 40.5 Å². The first-order chi connectivity index (χ1) is 18.2. The molecule has 0 aliphatic heterocycles. The number of ketones is 1. The molecule has 8 nitrogen and oxygen atoms in total. The van der Waals surface area contributed by atoms with E-state index in [2.05, 4.69) is 24.7 Å². The number of aromatic amines is 2. The lowest BCUT2D eigenvalue weighted by Crippen LogP contribution is -2.16. The maximum Gasteiger partial charge on any atom is 0.261 e. The third-order valence-corrected chi connectivity index (χ3v) is 7.47. The fourth-order valence-corrected chi connectivity index (χ4v) is 5.24. The first-order valence-corrected chi connectivity index (χ1v) is 13.3. The van der Waals surface area contributed by atoms with Crippen LogP contribution in [-0.4, -0.2) is 34.1 Å². The van der Waals surface area contributed by atoms with E-state index in [4.69, 9.17) is 0 Å². The monoisotopic (exact) mass is 535 g/mol. The van der Waals surface area contributed by atoms with Gasteiger partial charge in [0, 0.05) is 40.8 Å². The molecule has 0 radical (unpaired) electrons. The second-order valence-electron chi connectivity index (χ2n) is 8.85. The van der Waals surface area contributed by atoms with Gasteiger partial charge in [0.1, 0.15) is 17.3 Å². The van der Waals surface area contributed by atoms with Crippen molar-refractivity contribution in [2.45, 2.75) is 31.6 Å². The number of carbonyl (C=O) groups is 1. The highest BCUT2D eigenvalue weighted by atomic mass is 32.2. The van der Waals surface area contributed by atoms with Gasteiger partial charge in [-0.25, -0.2) is 27.2 Å². The van der Waals surface area contributed by atoms with Crippen LogP contribution in [0.5, 0.6) is 0 Å². The van der Waals surface area contributed by atoms with Crippen LogP contribution in [-0.2, 0) is 16.4 Å². The molecule has 194 valence electrons. The van der Waals surface area contributed by atoms with E-state index in [-0.39, 0.29) is 10.5 Å². The fraction of sp³-hybridized carbons (Fsp3) is 0.148. The molecule has 0 aliphatic rings. The molecule has 0 saturated carbocycles. The Balaban J connectivity index is 1.50. The van der Waals surface area contributed by atoms with E-state index in [1.54, 1.807) is 30.6 Å². The number of H-pyrrole nitrogens is 2. The molecule has 5 rings (SSSR count). The standard InChI is InChI=1S/C27H23F2N5O3S/c1-3-4-16-5-7-18(8-6-16)38(36,37)34-22-10-9-21(28)23(24(22)29)25(35)20-14-32-27-19(20)11-17(13-31-27)26-30-12-15(2)33-26/h5-14,34H,3-4H2,1-2H3,(H,30,33)(H,31,32). The predicted octanol–water partition coefficient (Wildman–Crippen LogP) is 5.52. The molecule has 0 aliphatic carbocycles. The number of anilines is 1. The minimum absolute atomic E-state index is 0.0260. The lowest BCUT2D eigenvalue weighted by atomic mass is 10.0. The van der Waals surface area contributed by atoms with Crippen molar-refractivity contribution >= 4 is 32.5 Å². The highest BCUT2D eigenvalue weighted by Gasteiger charge is 2.26. The Labute approximate surface area is 217 Å². The Morgan fingerprint density at radius 1 is 1.05 bits per heavy atom. The summed E-state index contributed by atoms with van der Waals surface area (Å²) in [6.07, 6.45) is 6.19. The molecule has 11 heteroatoms. The number of imidazole rings is 1. The quantitative estimate of drug-likeness (QED) is 0.226. The summed E-state index contributed by atoms with van der Waals surface area (Å²) >= 11 is 0. The lowest BCUT2D eigenvalue weighted by molar-refractivity contribution is 0.103. The topological polar surface area (TPSA) is 121 Å². The average molecular weight is 536 g/mol. The molecule has 0 unspecified atom stereocenters. The molecule has 5 aromatic rings. The van der Waals surface area contributed by atoms with Gasteiger partial charge in [0.05, 0.1) is 16.1 Å². The highest BCUT2D eigenvalue weighted by Crippen LogP contribution is 2.29. The largest absolute Gasteiger partial charge is 0.345 e. The Hall–Kier alpha value is -4.38. The minimum atomic E-state index is -4.20. The maximum absolute atomic E-state index is 15.5. The van der Waals surface area contributed by atoms with Gasteiger partial charge in [-0.2, -0.15) is 0 Å². The van der Waals surface area contributed by atoms with Crippen molar-refractivity contribution < 1.29 is 22.0 Å². The maximum atomic E-state index is 15.5. The summed E-state index contributed by atoms with van der Waals surface area (Å²) in [7, 11) is -4.20. The molecule has 0 saturated heterocycles. The zero-order chi connectivity index (χ0) is 27.0. The number of hydrogen-bond acceptors (Lipinski definition) is 5. The number of benzene rings is 2. The average Bonchev–Trinajstić information content (AvgIpc) is 3.52. The number of rotatable bonds is 8. The number of aryl methyl sites for hydroxylation is 2. The Kier molecular flexibility index (Phi) is 6.53. The summed E-state index contributed by atoms with van der Waals surface area (Å²) in [5, 5.41) is 0.332. The SMILES string of the molecule is CCCc1ccc(S(=O)(=O)Nc2ccc(F)c(C(=O)c3c[nH]c4ncc(-c5ncc(C)[nH]5)cc34)c2F)cc1. The first-order valence-electron chi connectivity index (χ1n) is 11.8. The molecule has 38 heavy (non-hydrogen) atoms. The molecule has 0 amide bonds. The summed E-state index contributed by atoms with van der Waals surface area (Å²) in [4.78, 5) is 27.7. The van der Waals surface area contributed by atoms with Crippen LogP contribution in [0.4, 0.5) is 14.5 Å². The normalized spacial score (nSPS) is 11.7. The van der Waals surface area contributed by atoms with Crippen molar-refractivity contribution in [2.75, 3.05) is 4.72 Å². The number of carbonyl (C=O) groups excluding carboxylic acids is 1. The summed E-state index contributed by atoms with van der Waals surface area (Å²) in [6, 6.07) is 9.61. The zero-order valence-corrected chi connectivity index (χ0v) is 21.3. The van der Waals surface area contributed by atoms with Crippen LogP contribution in [0.15, 0.2) is 66.0 Å². The Bertz CT molecular complexity index is 1780. The van der Waals surface area contributed by atoms with Gasteiger partial charge in [-0.05, 0) is 49.2 Å². The molecule has 2 aromatic carbocycles. The van der Waals surface area contributed by atoms with Crippen LogP contribution in [0.25, 0.3) is 22.4 Å². The molecule has 0 atom stereocenters. The highest BCUT2D eigenvalue weighted by molar-refractivity contribution is 7.92. The molecule has 3 heterocycles. The van der Waals surface area contributed by atoms with Gasteiger partial charge in [-0.1, -0.05) is 25.5 Å². The van der Waals surface area contributed by atoms with E-state index in [0.29, 0.717) is 22.4 Å². The molecule has 3 N–H and O–H groups in total. The molecule has 0 bridgehead atoms. The number of nitrogens with one attached hydrogen (secondary N) is 3. The predicted molar refractivity (Wildman–Crippen MR) is 139 cm³/mol. The third kappa shape index (κ3) is 4.68. The van der Waals surface area contributed by atoms with Gasteiger partial charge < -0.3 is 9.97 Å². The first kappa shape index (κ1) is 25.3. The molecule has 3 aromatic heterocycles. The molecular weight excluding hydrogens is 512 g/mol. The van der Waals surface area contributed by atoms with E-state index in [0.717, 1.165) is 36.2 Å². The number of fused-ring (bicyclic) bond motifs is 1. The summed E-state index contributed by atoms with van der Waals surface area (Å²) in [5.41, 5.74) is 1.25. The van der Waals surface area contributed by atoms with Gasteiger partial charge in [-0.15, -0.1) is 0 Å². The van der Waals surface area contributed by atoms with E-state index in [1.165, 1.54) is 18.3 Å². The Morgan fingerprint density at radius 3 is 2.50 bits per heavy atom. The van der Waals surface area contributed by atoms with Crippen molar-refractivity contribution in [2.24, 2.45) is 0 Å². The number of pyridine rings is 1. The number of halogens is 2. The van der Waals surface area contributed by atoms with E-state index < -0.39 is 38.7 Å². The van der Waals surface area contributed by atoms with E-state index >= 15 is 4.39 Å². The van der Waals surface area contributed by atoms with Crippen LogP contribution in [0.2, 0.25) is 0 Å². The second kappa shape index (κ2) is 9.82. The fourth-order valence-electron chi connectivity index (χ4n) is 4.18. The van der Waals surface area contributed by atoms with Gasteiger partial charge in [0.15, 0.2) is 5.82 Å². The number of hydrogen-bond donors (Lipinski definition) is 3. The van der Waals surface area contributed by atoms with E-state index in [1.807, 2.05) is 13.8 Å². The summed E-state index contributed by atoms with van der Waals surface area (Å²) in [5.74, 6) is -2.89. The summed E-state index contributed by atoms with van der Waals surface area (Å²) in [6.45, 7) is 3.84. The van der Waals surface area contributed by atoms with Crippen molar-refractivity contribution in [3.8, 4) is 11.4 Å². The number of sulfonamides is 1. The third-order valence-electron chi connectivity index (χ3n) is 6.09. The van der Waals surface area contributed by atoms with Crippen LogP contribution < -0.4 is 4.72 Å². The molecular formula is C27H23F2N5O3S. The minimum Gasteiger partial charge on any atom is -0.345 e. The van der Waals surface area contributed by atoms with Crippen molar-refractivity contribution in [1.82, 2.24) is 19.9 Å². The van der Waals surface area contributed by atoms with Crippen molar-refractivity contribution in [1.29, 1.82) is 0 Å². The summed E-state index contributed by atoms with van der Waals surface area (Å²) < 4.78 is 58.2. The Morgan fingerprint density at radius 2 is 1.82 bits per heavy atom. The van der Waals surface area contributed by atoms with Gasteiger partial charge in [0.2, 0.25) is 5.78 Å². The lowest BCUT2D eigenvalue weighted by Gasteiger charge is -2.12. The zero-order valence-electron chi connectivity index (χ0n) is 20.5. The van der Waals surface area contributed by atoms with Gasteiger partial charge >= 0.3 is 0 Å². The second-order valence-corrected chi connectivity index (χ2v) is 10.5. The van der Waals surface area contributed by atoms with Gasteiger partial charge in [0.25, 0.3) is 10.0 Å². The van der Waals surface area contributed by atoms with E-state index in [9.17, 15) is 17.6 Å². The van der Waals surface area contributed by atoms with Crippen molar-refractivity contribution in [3.05, 3.63) is 95.1 Å². The smallest absolute Gasteiger partial charge is 0.261 e.